The van der Waals surface area contributed by atoms with Crippen LogP contribution in [0.25, 0.3) is 16.1 Å². The van der Waals surface area contributed by atoms with Crippen LogP contribution in [0.4, 0.5) is 5.82 Å². The number of H-pyrrole nitrogens is 1. The van der Waals surface area contributed by atoms with Crippen LogP contribution in [0.1, 0.15) is 86.8 Å². The first-order chi connectivity index (χ1) is 26.1. The summed E-state index contributed by atoms with van der Waals surface area (Å²) in [6.45, 7) is -0.181. The van der Waals surface area contributed by atoms with Crippen LogP contribution in [-0.2, 0) is 27.2 Å². The van der Waals surface area contributed by atoms with Gasteiger partial charge >= 0.3 is 5.97 Å². The minimum absolute atomic E-state index is 0.105. The Labute approximate surface area is 316 Å². The number of rotatable bonds is 21. The Morgan fingerprint density at radius 2 is 1.87 bits per heavy atom. The van der Waals surface area contributed by atoms with E-state index in [1.807, 2.05) is 18.2 Å². The van der Waals surface area contributed by atoms with Gasteiger partial charge in [-0.05, 0) is 115 Å². The molecule has 10 N–H and O–H groups in total. The number of hydrogen-bond donors (Lipinski definition) is 8. The number of fused-ring (bicyclic) bond motifs is 2. The van der Waals surface area contributed by atoms with Gasteiger partial charge in [0.2, 0.25) is 0 Å². The van der Waals surface area contributed by atoms with Gasteiger partial charge in [0.1, 0.15) is 12.6 Å². The number of guanidine groups is 1. The van der Waals surface area contributed by atoms with Crippen molar-refractivity contribution >= 4 is 41.1 Å². The molecule has 0 fully saturated rings. The number of carboxylic acid groups (broad SMARTS) is 1. The molecule has 54 heavy (non-hydrogen) atoms. The molecule has 0 radical (unpaired) electrons. The lowest BCUT2D eigenvalue weighted by atomic mass is 9.69. The van der Waals surface area contributed by atoms with Gasteiger partial charge in [-0.2, -0.15) is 0 Å². The summed E-state index contributed by atoms with van der Waals surface area (Å²) in [5.41, 5.74) is 16.7. The Morgan fingerprint density at radius 3 is 2.57 bits per heavy atom. The molecule has 0 spiro atoms. The molecule has 0 amide bonds. The first kappa shape index (κ1) is 40.6. The quantitative estimate of drug-likeness (QED) is 0.0438. The summed E-state index contributed by atoms with van der Waals surface area (Å²) in [6.07, 6.45) is 10.5. The van der Waals surface area contributed by atoms with Gasteiger partial charge in [-0.1, -0.05) is 60.9 Å². The van der Waals surface area contributed by atoms with Crippen LogP contribution in [-0.4, -0.2) is 87.0 Å². The monoisotopic (exact) mass is 743 g/mol. The average molecular weight is 744 g/mol. The van der Waals surface area contributed by atoms with Gasteiger partial charge in [0, 0.05) is 24.5 Å². The highest BCUT2D eigenvalue weighted by molar-refractivity contribution is 5.86. The number of carboxylic acids is 1. The molecule has 3 aromatic rings. The Balaban J connectivity index is 1.44. The maximum atomic E-state index is 12.4. The van der Waals surface area contributed by atoms with E-state index >= 15 is 0 Å². The minimum Gasteiger partial charge on any atom is -0.478 e. The Bertz CT molecular complexity index is 1760. The van der Waals surface area contributed by atoms with E-state index in [2.05, 4.69) is 39.6 Å². The first-order valence-electron chi connectivity index (χ1n) is 19.1. The van der Waals surface area contributed by atoms with Gasteiger partial charge in [-0.3, -0.25) is 0 Å². The number of nitrogens with one attached hydrogen (secondary N) is 2. The molecule has 13 heteroatoms. The average Bonchev–Trinajstić information content (AvgIpc) is 3.66. The fourth-order valence-electron chi connectivity index (χ4n) is 8.28. The highest BCUT2D eigenvalue weighted by Gasteiger charge is 2.34. The van der Waals surface area contributed by atoms with Crippen molar-refractivity contribution in [3.05, 3.63) is 82.3 Å². The highest BCUT2D eigenvalue weighted by Crippen LogP contribution is 2.46. The van der Waals surface area contributed by atoms with Gasteiger partial charge in [0.05, 0.1) is 18.7 Å². The van der Waals surface area contributed by atoms with Crippen LogP contribution in [0.2, 0.25) is 0 Å². The second-order valence-electron chi connectivity index (χ2n) is 14.9. The summed E-state index contributed by atoms with van der Waals surface area (Å²) in [4.78, 5) is 43.1. The third-order valence-electron chi connectivity index (χ3n) is 11.1. The Kier molecular flexibility index (Phi) is 14.8. The number of hydrogen-bond acceptors (Lipinski definition) is 10. The highest BCUT2D eigenvalue weighted by atomic mass is 16.5. The SMILES string of the molecule is NC1=NC(C(=CC(=O)O)C(CC2CCc3cc4ccc(CC=O)cc4cc3C2CCCC(N)CCC(C=O)CCC(O)O)[N-]c2ccc[nH]2)CC(CO)N1. The molecule has 292 valence electrons. The van der Waals surface area contributed by atoms with Crippen LogP contribution < -0.4 is 16.8 Å². The zero-order valence-electron chi connectivity index (χ0n) is 30.7. The minimum atomic E-state index is -1.44. The second kappa shape index (κ2) is 19.7. The number of aromatic amines is 1. The van der Waals surface area contributed by atoms with Gasteiger partial charge in [0.25, 0.3) is 0 Å². The van der Waals surface area contributed by atoms with E-state index in [1.165, 1.54) is 17.2 Å². The lowest BCUT2D eigenvalue weighted by Crippen LogP contribution is -2.49. The van der Waals surface area contributed by atoms with E-state index in [1.54, 1.807) is 6.20 Å². The van der Waals surface area contributed by atoms with Crippen LogP contribution in [0.15, 0.2) is 65.3 Å². The lowest BCUT2D eigenvalue weighted by Gasteiger charge is -2.40. The zero-order chi connectivity index (χ0) is 38.6. The molecular formula is C41H55N6O7-. The van der Waals surface area contributed by atoms with Gasteiger partial charge < -0.3 is 57.1 Å². The largest absolute Gasteiger partial charge is 0.478 e. The number of aromatic nitrogens is 1. The van der Waals surface area contributed by atoms with Crippen LogP contribution in [0.3, 0.4) is 0 Å². The fourth-order valence-corrected chi connectivity index (χ4v) is 8.28. The third-order valence-corrected chi connectivity index (χ3v) is 11.1. The van der Waals surface area contributed by atoms with Crippen molar-refractivity contribution in [2.24, 2.45) is 28.3 Å². The summed E-state index contributed by atoms with van der Waals surface area (Å²) in [6, 6.07) is 12.7. The molecule has 7 unspecified atom stereocenters. The Hall–Kier alpha value is -4.56. The van der Waals surface area contributed by atoms with E-state index in [0.29, 0.717) is 49.9 Å². The van der Waals surface area contributed by atoms with Gasteiger partial charge in [-0.15, -0.1) is 0 Å². The molecule has 2 aliphatic rings. The molecule has 13 nitrogen and oxygen atoms in total. The van der Waals surface area contributed by atoms with Crippen LogP contribution >= 0.6 is 0 Å². The molecule has 0 bridgehead atoms. The maximum Gasteiger partial charge on any atom is 0.328 e. The van der Waals surface area contributed by atoms with Gasteiger partial charge in [0.15, 0.2) is 12.2 Å². The number of aliphatic hydroxyl groups excluding tert-OH is 2. The number of aliphatic hydroxyl groups is 3. The van der Waals surface area contributed by atoms with E-state index in [4.69, 9.17) is 16.8 Å². The van der Waals surface area contributed by atoms with E-state index in [-0.39, 0.29) is 48.8 Å². The molecule has 1 aliphatic carbocycles. The van der Waals surface area contributed by atoms with Crippen molar-refractivity contribution in [3.8, 4) is 0 Å². The number of aliphatic carboxylic acids is 1. The topological polar surface area (TPSA) is 238 Å². The standard InChI is InChI=1S/C41H55N6O7/c42-31(12-7-26(23-49)8-13-39(51)52)3-1-4-33-29(11-10-28-18-27-9-6-25(14-16-48)17-30(27)19-34(28)33)20-36(46-38-5-2-15-44-38)35(22-40(53)54)37-21-32(24-50)45-41(43)47-37/h2,5-6,9,15-19,22-23,26,29,31-33,36-37,39,44,50-52H,1,3-4,7-8,10-14,20-21,24,42H2,(H,53,54)(H3,43,45,47)/q-1. The fraction of sp³-hybridized carbons (Fsp3) is 0.512. The van der Waals surface area contributed by atoms with E-state index in [9.17, 15) is 34.8 Å². The third kappa shape index (κ3) is 11.2. The zero-order valence-corrected chi connectivity index (χ0v) is 30.7. The summed E-state index contributed by atoms with van der Waals surface area (Å²) >= 11 is 0. The van der Waals surface area contributed by atoms with Crippen molar-refractivity contribution in [3.63, 3.8) is 0 Å². The van der Waals surface area contributed by atoms with Crippen molar-refractivity contribution in [2.75, 3.05) is 6.61 Å². The normalized spacial score (nSPS) is 21.8. The number of benzene rings is 2. The van der Waals surface area contributed by atoms with Crippen molar-refractivity contribution in [2.45, 2.75) is 113 Å². The predicted molar refractivity (Wildman–Crippen MR) is 208 cm³/mol. The Morgan fingerprint density at radius 1 is 1.06 bits per heavy atom. The molecule has 1 aromatic heterocycles. The summed E-state index contributed by atoms with van der Waals surface area (Å²) < 4.78 is 0. The number of carbonyl (C=O) groups is 3. The summed E-state index contributed by atoms with van der Waals surface area (Å²) in [7, 11) is 0. The summed E-state index contributed by atoms with van der Waals surface area (Å²) in [5.74, 6) is -0.390. The number of aldehydes is 2. The first-order valence-corrected chi connectivity index (χ1v) is 19.1. The molecule has 2 aromatic carbocycles. The van der Waals surface area contributed by atoms with Crippen molar-refractivity contribution in [1.82, 2.24) is 10.3 Å². The number of nitrogens with two attached hydrogens (primary N) is 2. The number of carbonyl (C=O) groups excluding carboxylic acids is 2. The van der Waals surface area contributed by atoms with Crippen molar-refractivity contribution in [1.29, 1.82) is 0 Å². The smallest absolute Gasteiger partial charge is 0.328 e. The molecule has 0 saturated heterocycles. The predicted octanol–water partition coefficient (Wildman–Crippen LogP) is 4.25. The maximum absolute atomic E-state index is 12.4. The number of aryl methyl sites for hydroxylation is 1. The van der Waals surface area contributed by atoms with Crippen LogP contribution in [0.5, 0.6) is 0 Å². The van der Waals surface area contributed by atoms with Crippen molar-refractivity contribution < 1.29 is 34.8 Å². The number of nitrogens with zero attached hydrogens (tertiary/aromatic N) is 2. The molecule has 1 aliphatic heterocycles. The number of aliphatic imine (C=N–C) groups is 1. The molecule has 5 rings (SSSR count). The molecule has 7 atom stereocenters. The lowest BCUT2D eigenvalue weighted by molar-refractivity contribution is -0.131. The molecule has 0 saturated carbocycles. The molecule has 2 heterocycles. The second-order valence-corrected chi connectivity index (χ2v) is 14.9. The van der Waals surface area contributed by atoms with Crippen LogP contribution in [0, 0.1) is 11.8 Å². The van der Waals surface area contributed by atoms with Gasteiger partial charge in [-0.25, -0.2) is 9.79 Å². The molecular weight excluding hydrogens is 688 g/mol. The van der Waals surface area contributed by atoms with E-state index in [0.717, 1.165) is 61.0 Å². The van der Waals surface area contributed by atoms with E-state index < -0.39 is 24.3 Å². The summed E-state index contributed by atoms with van der Waals surface area (Å²) in [5, 5.41) is 48.8.